The van der Waals surface area contributed by atoms with Crippen molar-refractivity contribution in [3.63, 3.8) is 0 Å². The van der Waals surface area contributed by atoms with Gasteiger partial charge < -0.3 is 10.1 Å². The fourth-order valence-corrected chi connectivity index (χ4v) is 2.86. The van der Waals surface area contributed by atoms with Crippen molar-refractivity contribution in [3.8, 4) is 0 Å². The lowest BCUT2D eigenvalue weighted by Crippen LogP contribution is -2.37. The van der Waals surface area contributed by atoms with Gasteiger partial charge in [-0.25, -0.2) is 9.78 Å². The SMILES string of the molecule is C[C@H]1CCCCN1Cc1nc2ccc(C(=O)O)cc2[nH]1. The zero-order chi connectivity index (χ0) is 14.1. The maximum atomic E-state index is 11.0. The second-order valence-corrected chi connectivity index (χ2v) is 5.54. The molecule has 2 N–H and O–H groups in total. The van der Waals surface area contributed by atoms with Crippen LogP contribution in [0.4, 0.5) is 0 Å². The van der Waals surface area contributed by atoms with Crippen LogP contribution in [0.1, 0.15) is 42.4 Å². The largest absolute Gasteiger partial charge is 0.478 e. The molecule has 1 saturated heterocycles. The van der Waals surface area contributed by atoms with Crippen LogP contribution in [0.25, 0.3) is 11.0 Å². The van der Waals surface area contributed by atoms with Gasteiger partial charge in [0.1, 0.15) is 5.82 Å². The molecule has 5 nitrogen and oxygen atoms in total. The van der Waals surface area contributed by atoms with E-state index in [0.29, 0.717) is 11.6 Å². The van der Waals surface area contributed by atoms with Crippen LogP contribution in [0, 0.1) is 0 Å². The number of piperidine rings is 1. The summed E-state index contributed by atoms with van der Waals surface area (Å²) in [6.07, 6.45) is 3.79. The maximum absolute atomic E-state index is 11.0. The average Bonchev–Trinajstić information content (AvgIpc) is 2.82. The fourth-order valence-electron chi connectivity index (χ4n) is 2.86. The third kappa shape index (κ3) is 2.54. The quantitative estimate of drug-likeness (QED) is 0.902. The monoisotopic (exact) mass is 273 g/mol. The number of aromatic carboxylic acids is 1. The molecular weight excluding hydrogens is 254 g/mol. The molecule has 0 bridgehead atoms. The van der Waals surface area contributed by atoms with Crippen molar-refractivity contribution in [1.29, 1.82) is 0 Å². The lowest BCUT2D eigenvalue weighted by Gasteiger charge is -2.32. The molecule has 0 spiro atoms. The van der Waals surface area contributed by atoms with Gasteiger partial charge in [-0.2, -0.15) is 0 Å². The Hall–Kier alpha value is -1.88. The van der Waals surface area contributed by atoms with Crippen LogP contribution in [-0.4, -0.2) is 38.5 Å². The average molecular weight is 273 g/mol. The molecule has 5 heteroatoms. The number of benzene rings is 1. The van der Waals surface area contributed by atoms with E-state index in [1.54, 1.807) is 18.2 Å². The van der Waals surface area contributed by atoms with Gasteiger partial charge in [0.05, 0.1) is 23.1 Å². The highest BCUT2D eigenvalue weighted by molar-refractivity contribution is 5.92. The van der Waals surface area contributed by atoms with E-state index in [1.165, 1.54) is 19.3 Å². The van der Waals surface area contributed by atoms with Crippen LogP contribution in [0.3, 0.4) is 0 Å². The van der Waals surface area contributed by atoms with Gasteiger partial charge in [0.15, 0.2) is 0 Å². The van der Waals surface area contributed by atoms with Gasteiger partial charge in [0.2, 0.25) is 0 Å². The van der Waals surface area contributed by atoms with Gasteiger partial charge >= 0.3 is 5.97 Å². The van der Waals surface area contributed by atoms with Crippen molar-refractivity contribution in [1.82, 2.24) is 14.9 Å². The lowest BCUT2D eigenvalue weighted by atomic mass is 10.0. The van der Waals surface area contributed by atoms with E-state index in [-0.39, 0.29) is 0 Å². The Kier molecular flexibility index (Phi) is 3.44. The first-order chi connectivity index (χ1) is 9.63. The third-order valence-corrected chi connectivity index (χ3v) is 4.07. The second-order valence-electron chi connectivity index (χ2n) is 5.54. The maximum Gasteiger partial charge on any atom is 0.335 e. The number of nitrogens with one attached hydrogen (secondary N) is 1. The topological polar surface area (TPSA) is 69.2 Å². The van der Waals surface area contributed by atoms with Gasteiger partial charge in [-0.05, 0) is 44.5 Å². The van der Waals surface area contributed by atoms with E-state index in [9.17, 15) is 4.79 Å². The van der Waals surface area contributed by atoms with Crippen LogP contribution >= 0.6 is 0 Å². The minimum absolute atomic E-state index is 0.291. The molecule has 0 radical (unpaired) electrons. The number of carboxylic acids is 1. The van der Waals surface area contributed by atoms with Crippen molar-refractivity contribution in [2.75, 3.05) is 6.54 Å². The molecule has 1 fully saturated rings. The minimum atomic E-state index is -0.910. The number of hydrogen-bond donors (Lipinski definition) is 2. The number of rotatable bonds is 3. The predicted molar refractivity (Wildman–Crippen MR) is 76.8 cm³/mol. The molecule has 1 aliphatic heterocycles. The zero-order valence-corrected chi connectivity index (χ0v) is 11.6. The number of likely N-dealkylation sites (tertiary alicyclic amines) is 1. The molecule has 2 heterocycles. The molecule has 0 amide bonds. The standard InChI is InChI=1S/C15H19N3O2/c1-10-4-2-3-7-18(10)9-14-16-12-6-5-11(15(19)20)8-13(12)17-14/h5-6,8,10H,2-4,7,9H2,1H3,(H,16,17)(H,19,20)/t10-/m0/s1. The molecule has 1 aromatic heterocycles. The summed E-state index contributed by atoms with van der Waals surface area (Å²) >= 11 is 0. The Labute approximate surface area is 117 Å². The summed E-state index contributed by atoms with van der Waals surface area (Å²) in [4.78, 5) is 21.2. The van der Waals surface area contributed by atoms with Gasteiger partial charge in [-0.1, -0.05) is 6.42 Å². The first-order valence-electron chi connectivity index (χ1n) is 7.09. The molecule has 106 valence electrons. The first kappa shape index (κ1) is 13.1. The number of imidazole rings is 1. The summed E-state index contributed by atoms with van der Waals surface area (Å²) in [5, 5.41) is 9.00. The van der Waals surface area contributed by atoms with Crippen LogP contribution in [0.5, 0.6) is 0 Å². The molecule has 20 heavy (non-hydrogen) atoms. The highest BCUT2D eigenvalue weighted by Gasteiger charge is 2.19. The van der Waals surface area contributed by atoms with Crippen molar-refractivity contribution in [3.05, 3.63) is 29.6 Å². The molecule has 1 aliphatic rings. The second kappa shape index (κ2) is 5.25. The van der Waals surface area contributed by atoms with Crippen LogP contribution < -0.4 is 0 Å². The van der Waals surface area contributed by atoms with Gasteiger partial charge in [-0.15, -0.1) is 0 Å². The fraction of sp³-hybridized carbons (Fsp3) is 0.467. The highest BCUT2D eigenvalue weighted by Crippen LogP contribution is 2.20. The summed E-state index contributed by atoms with van der Waals surface area (Å²) in [5.41, 5.74) is 1.92. The van der Waals surface area contributed by atoms with E-state index >= 15 is 0 Å². The number of carbonyl (C=O) groups is 1. The zero-order valence-electron chi connectivity index (χ0n) is 11.6. The Morgan fingerprint density at radius 3 is 3.10 bits per heavy atom. The number of nitrogens with zero attached hydrogens (tertiary/aromatic N) is 2. The Bertz CT molecular complexity index is 635. The number of H-pyrrole nitrogens is 1. The summed E-state index contributed by atoms with van der Waals surface area (Å²) < 4.78 is 0. The van der Waals surface area contributed by atoms with Gasteiger partial charge in [0.25, 0.3) is 0 Å². The lowest BCUT2D eigenvalue weighted by molar-refractivity contribution is 0.0697. The van der Waals surface area contributed by atoms with E-state index in [0.717, 1.165) is 29.9 Å². The number of fused-ring (bicyclic) bond motifs is 1. The van der Waals surface area contributed by atoms with Crippen molar-refractivity contribution in [2.24, 2.45) is 0 Å². The van der Waals surface area contributed by atoms with Crippen LogP contribution in [0.2, 0.25) is 0 Å². The summed E-state index contributed by atoms with van der Waals surface area (Å²) in [7, 11) is 0. The summed E-state index contributed by atoms with van der Waals surface area (Å²) in [6, 6.07) is 5.59. The predicted octanol–water partition coefficient (Wildman–Crippen LogP) is 2.64. The van der Waals surface area contributed by atoms with Crippen molar-refractivity contribution < 1.29 is 9.90 Å². The van der Waals surface area contributed by atoms with E-state index in [2.05, 4.69) is 21.8 Å². The third-order valence-electron chi connectivity index (χ3n) is 4.07. The molecule has 0 saturated carbocycles. The molecule has 0 unspecified atom stereocenters. The van der Waals surface area contributed by atoms with Crippen LogP contribution in [-0.2, 0) is 6.54 Å². The van der Waals surface area contributed by atoms with Crippen molar-refractivity contribution in [2.45, 2.75) is 38.8 Å². The first-order valence-corrected chi connectivity index (χ1v) is 7.09. The molecule has 0 aliphatic carbocycles. The van der Waals surface area contributed by atoms with Crippen molar-refractivity contribution >= 4 is 17.0 Å². The van der Waals surface area contributed by atoms with E-state index < -0.39 is 5.97 Å². The Morgan fingerprint density at radius 1 is 1.50 bits per heavy atom. The van der Waals surface area contributed by atoms with Crippen LogP contribution in [0.15, 0.2) is 18.2 Å². The van der Waals surface area contributed by atoms with Gasteiger partial charge in [-0.3, -0.25) is 4.90 Å². The molecule has 2 aromatic rings. The van der Waals surface area contributed by atoms with E-state index in [1.807, 2.05) is 0 Å². The highest BCUT2D eigenvalue weighted by atomic mass is 16.4. The normalized spacial score (nSPS) is 20.4. The van der Waals surface area contributed by atoms with Gasteiger partial charge in [0, 0.05) is 6.04 Å². The van der Waals surface area contributed by atoms with E-state index in [4.69, 9.17) is 5.11 Å². The molecule has 1 aromatic carbocycles. The number of aromatic amines is 1. The number of hydrogen-bond acceptors (Lipinski definition) is 3. The number of aromatic nitrogens is 2. The Balaban J connectivity index is 1.83. The summed E-state index contributed by atoms with van der Waals surface area (Å²) in [5.74, 6) is 0.00370. The molecule has 1 atom stereocenters. The molecule has 3 rings (SSSR count). The number of carboxylic acid groups (broad SMARTS) is 1. The Morgan fingerprint density at radius 2 is 2.35 bits per heavy atom. The minimum Gasteiger partial charge on any atom is -0.478 e. The molecular formula is C15H19N3O2. The smallest absolute Gasteiger partial charge is 0.335 e. The summed E-state index contributed by atoms with van der Waals surface area (Å²) in [6.45, 7) is 4.17.